The highest BCUT2D eigenvalue weighted by Gasteiger charge is 2.10. The van der Waals surface area contributed by atoms with E-state index in [1.807, 2.05) is 48.7 Å². The van der Waals surface area contributed by atoms with Gasteiger partial charge in [-0.25, -0.2) is 4.98 Å². The minimum Gasteiger partial charge on any atom is -0.492 e. The minimum absolute atomic E-state index is 0.0593. The standard InChI is InChI=1S/C24H27N5O/c1-3-29(4-2)11-12-30-18-7-10-21-16(13-18)5-9-23(28-21)20-15-27-22-8-6-17(24(25)26)14-19(20)22/h5-10,13-15,27H,3-4,11-12H2,1-2H3,(H3,25,26). The van der Waals surface area contributed by atoms with Crippen LogP contribution >= 0.6 is 0 Å². The van der Waals surface area contributed by atoms with Crippen molar-refractivity contribution < 1.29 is 4.74 Å². The zero-order valence-electron chi connectivity index (χ0n) is 17.4. The van der Waals surface area contributed by atoms with Crippen LogP contribution in [0, 0.1) is 5.41 Å². The Hall–Kier alpha value is -3.38. The van der Waals surface area contributed by atoms with Gasteiger partial charge in [0, 0.05) is 40.2 Å². The Kier molecular flexibility index (Phi) is 5.68. The number of nitrogen functional groups attached to an aromatic ring is 1. The maximum atomic E-state index is 7.70. The topological polar surface area (TPSA) is 91.0 Å². The van der Waals surface area contributed by atoms with E-state index >= 15 is 0 Å². The van der Waals surface area contributed by atoms with E-state index in [0.717, 1.165) is 58.4 Å². The van der Waals surface area contributed by atoms with Crippen molar-refractivity contribution >= 4 is 27.6 Å². The summed E-state index contributed by atoms with van der Waals surface area (Å²) in [4.78, 5) is 10.5. The number of nitrogens with zero attached hydrogens (tertiary/aromatic N) is 2. The van der Waals surface area contributed by atoms with Gasteiger partial charge in [-0.05, 0) is 55.6 Å². The van der Waals surface area contributed by atoms with Crippen molar-refractivity contribution in [1.82, 2.24) is 14.9 Å². The van der Waals surface area contributed by atoms with Crippen LogP contribution in [0.15, 0.2) is 54.7 Å². The Labute approximate surface area is 176 Å². The summed E-state index contributed by atoms with van der Waals surface area (Å²) in [6.45, 7) is 7.99. The van der Waals surface area contributed by atoms with E-state index in [9.17, 15) is 0 Å². The number of aromatic amines is 1. The van der Waals surface area contributed by atoms with Gasteiger partial charge in [-0.3, -0.25) is 5.41 Å². The molecule has 0 unspecified atom stereocenters. The predicted octanol–water partition coefficient (Wildman–Crippen LogP) is 4.39. The average molecular weight is 402 g/mol. The Morgan fingerprint density at radius 1 is 1.10 bits per heavy atom. The molecule has 0 radical (unpaired) electrons. The molecule has 2 aromatic carbocycles. The summed E-state index contributed by atoms with van der Waals surface area (Å²) in [7, 11) is 0. The third kappa shape index (κ3) is 4.00. The van der Waals surface area contributed by atoms with Gasteiger partial charge >= 0.3 is 0 Å². The number of nitrogens with two attached hydrogens (primary N) is 1. The van der Waals surface area contributed by atoms with Gasteiger partial charge in [-0.15, -0.1) is 0 Å². The normalized spacial score (nSPS) is 11.4. The molecule has 0 atom stereocenters. The molecule has 0 spiro atoms. The van der Waals surface area contributed by atoms with Gasteiger partial charge in [0.05, 0.1) is 11.2 Å². The average Bonchev–Trinajstić information content (AvgIpc) is 3.19. The number of hydrogen-bond acceptors (Lipinski definition) is 4. The number of H-pyrrole nitrogens is 1. The summed E-state index contributed by atoms with van der Waals surface area (Å²) in [5.74, 6) is 0.923. The van der Waals surface area contributed by atoms with Crippen LogP contribution in [0.25, 0.3) is 33.1 Å². The molecule has 0 saturated heterocycles. The Bertz CT molecular complexity index is 1190. The monoisotopic (exact) mass is 401 g/mol. The second-order valence-corrected chi connectivity index (χ2v) is 7.30. The van der Waals surface area contributed by atoms with Crippen molar-refractivity contribution in [1.29, 1.82) is 5.41 Å². The molecule has 0 aliphatic heterocycles. The summed E-state index contributed by atoms with van der Waals surface area (Å²) in [6.07, 6.45) is 1.95. The summed E-state index contributed by atoms with van der Waals surface area (Å²) >= 11 is 0. The molecule has 6 nitrogen and oxygen atoms in total. The number of ether oxygens (including phenoxy) is 1. The highest BCUT2D eigenvalue weighted by atomic mass is 16.5. The van der Waals surface area contributed by atoms with Crippen LogP contribution in [-0.4, -0.2) is 46.9 Å². The first-order valence-electron chi connectivity index (χ1n) is 10.3. The number of hydrogen-bond donors (Lipinski definition) is 3. The van der Waals surface area contributed by atoms with Gasteiger partial charge in [-0.2, -0.15) is 0 Å². The molecule has 0 aliphatic rings. The molecule has 4 N–H and O–H groups in total. The first kappa shape index (κ1) is 19.9. The van der Waals surface area contributed by atoms with Crippen LogP contribution in [0.1, 0.15) is 19.4 Å². The molecular weight excluding hydrogens is 374 g/mol. The van der Waals surface area contributed by atoms with Crippen molar-refractivity contribution in [2.75, 3.05) is 26.2 Å². The number of benzene rings is 2. The molecule has 30 heavy (non-hydrogen) atoms. The smallest absolute Gasteiger partial charge is 0.122 e. The van der Waals surface area contributed by atoms with Gasteiger partial charge in [0.1, 0.15) is 18.2 Å². The molecule has 0 aliphatic carbocycles. The van der Waals surface area contributed by atoms with Crippen molar-refractivity contribution in [3.63, 3.8) is 0 Å². The predicted molar refractivity (Wildman–Crippen MR) is 123 cm³/mol. The first-order valence-corrected chi connectivity index (χ1v) is 10.3. The number of aromatic nitrogens is 2. The van der Waals surface area contributed by atoms with Crippen molar-refractivity contribution in [3.05, 3.63) is 60.3 Å². The molecule has 0 saturated carbocycles. The molecular formula is C24H27N5O. The highest BCUT2D eigenvalue weighted by Crippen LogP contribution is 2.30. The minimum atomic E-state index is 0.0593. The molecule has 0 bridgehead atoms. The molecule has 154 valence electrons. The molecule has 4 aromatic rings. The fourth-order valence-corrected chi connectivity index (χ4v) is 3.68. The Morgan fingerprint density at radius 3 is 2.70 bits per heavy atom. The first-order chi connectivity index (χ1) is 14.6. The zero-order valence-corrected chi connectivity index (χ0v) is 17.4. The van der Waals surface area contributed by atoms with Crippen LogP contribution in [0.2, 0.25) is 0 Å². The highest BCUT2D eigenvalue weighted by molar-refractivity contribution is 6.03. The van der Waals surface area contributed by atoms with E-state index in [-0.39, 0.29) is 5.84 Å². The fraction of sp³-hybridized carbons (Fsp3) is 0.250. The lowest BCUT2D eigenvalue weighted by Gasteiger charge is -2.18. The van der Waals surface area contributed by atoms with Crippen molar-refractivity contribution in [2.45, 2.75) is 13.8 Å². The molecule has 6 heteroatoms. The van der Waals surface area contributed by atoms with E-state index in [1.165, 1.54) is 0 Å². The number of nitrogens with one attached hydrogen (secondary N) is 2. The number of rotatable bonds is 8. The van der Waals surface area contributed by atoms with Gasteiger partial charge < -0.3 is 20.4 Å². The number of amidine groups is 1. The SMILES string of the molecule is CCN(CC)CCOc1ccc2nc(-c3c[nH]c4ccc(C(=N)N)cc34)ccc2c1. The van der Waals surface area contributed by atoms with Crippen LogP contribution in [0.3, 0.4) is 0 Å². The quantitative estimate of drug-likeness (QED) is 0.302. The number of fused-ring (bicyclic) bond motifs is 2. The number of pyridine rings is 1. The van der Waals surface area contributed by atoms with Crippen LogP contribution in [0.5, 0.6) is 5.75 Å². The molecule has 4 rings (SSSR count). The van der Waals surface area contributed by atoms with Crippen molar-refractivity contribution in [3.8, 4) is 17.0 Å². The molecule has 0 amide bonds. The lowest BCUT2D eigenvalue weighted by molar-refractivity contribution is 0.223. The second kappa shape index (κ2) is 8.55. The van der Waals surface area contributed by atoms with E-state index in [4.69, 9.17) is 20.9 Å². The fourth-order valence-electron chi connectivity index (χ4n) is 3.68. The zero-order chi connectivity index (χ0) is 21.1. The Balaban J connectivity index is 1.59. The summed E-state index contributed by atoms with van der Waals surface area (Å²) < 4.78 is 5.94. The van der Waals surface area contributed by atoms with E-state index in [2.05, 4.69) is 29.8 Å². The molecule has 0 fully saturated rings. The third-order valence-electron chi connectivity index (χ3n) is 5.50. The maximum Gasteiger partial charge on any atom is 0.122 e. The van der Waals surface area contributed by atoms with Gasteiger partial charge in [0.2, 0.25) is 0 Å². The second-order valence-electron chi connectivity index (χ2n) is 7.30. The van der Waals surface area contributed by atoms with E-state index in [1.54, 1.807) is 0 Å². The van der Waals surface area contributed by atoms with Crippen LogP contribution < -0.4 is 10.5 Å². The van der Waals surface area contributed by atoms with Gasteiger partial charge in [0.25, 0.3) is 0 Å². The van der Waals surface area contributed by atoms with E-state index < -0.39 is 0 Å². The van der Waals surface area contributed by atoms with Gasteiger partial charge in [-0.1, -0.05) is 19.9 Å². The van der Waals surface area contributed by atoms with Crippen LogP contribution in [0.4, 0.5) is 0 Å². The van der Waals surface area contributed by atoms with Gasteiger partial charge in [0.15, 0.2) is 0 Å². The van der Waals surface area contributed by atoms with E-state index in [0.29, 0.717) is 12.2 Å². The summed E-state index contributed by atoms with van der Waals surface area (Å²) in [6, 6.07) is 15.8. The van der Waals surface area contributed by atoms with Crippen LogP contribution in [-0.2, 0) is 0 Å². The van der Waals surface area contributed by atoms with Crippen molar-refractivity contribution in [2.24, 2.45) is 5.73 Å². The number of likely N-dealkylation sites (N-methyl/N-ethyl adjacent to an activating group) is 1. The Morgan fingerprint density at radius 2 is 1.93 bits per heavy atom. The lowest BCUT2D eigenvalue weighted by Crippen LogP contribution is -2.27. The third-order valence-corrected chi connectivity index (χ3v) is 5.50. The largest absolute Gasteiger partial charge is 0.492 e. The molecule has 2 aromatic heterocycles. The lowest BCUT2D eigenvalue weighted by atomic mass is 10.1. The maximum absolute atomic E-state index is 7.70. The summed E-state index contributed by atoms with van der Waals surface area (Å²) in [5, 5.41) is 9.75. The molecule has 2 heterocycles. The summed E-state index contributed by atoms with van der Waals surface area (Å²) in [5.41, 5.74) is 10.2.